The lowest BCUT2D eigenvalue weighted by Gasteiger charge is -2.26. The standard InChI is InChI=1S/C18H22N4O6S/c1-27-15-6-5-13(11-16(15)29(25,26)22-9-3-2-4-10-22)20-17(23)12-28-18(24)14-7-8-19-21-14/h5-8,11H,2-4,9-10,12H2,1H3,(H,19,21)(H,20,23). The fourth-order valence-corrected chi connectivity index (χ4v) is 4.67. The minimum atomic E-state index is -3.76. The Morgan fingerprint density at radius 2 is 1.97 bits per heavy atom. The summed E-state index contributed by atoms with van der Waals surface area (Å²) < 4.78 is 37.5. The van der Waals surface area contributed by atoms with E-state index >= 15 is 0 Å². The number of nitrogens with zero attached hydrogens (tertiary/aromatic N) is 2. The van der Waals surface area contributed by atoms with Gasteiger partial charge in [0.2, 0.25) is 10.0 Å². The Hall–Kier alpha value is -2.92. The number of piperidine rings is 1. The van der Waals surface area contributed by atoms with Crippen LogP contribution in [-0.2, 0) is 19.6 Å². The SMILES string of the molecule is COc1ccc(NC(=O)COC(=O)c2ccn[nH]2)cc1S(=O)(=O)N1CCCCC1. The molecule has 0 atom stereocenters. The molecule has 2 aromatic rings. The van der Waals surface area contributed by atoms with Crippen molar-refractivity contribution in [2.75, 3.05) is 32.1 Å². The van der Waals surface area contributed by atoms with Crippen molar-refractivity contribution in [3.05, 3.63) is 36.2 Å². The smallest absolute Gasteiger partial charge is 0.356 e. The average molecular weight is 422 g/mol. The summed E-state index contributed by atoms with van der Waals surface area (Å²) in [5.74, 6) is -1.13. The average Bonchev–Trinajstić information content (AvgIpc) is 3.27. The normalized spacial score (nSPS) is 14.9. The van der Waals surface area contributed by atoms with Gasteiger partial charge in [-0.2, -0.15) is 9.40 Å². The van der Waals surface area contributed by atoms with Gasteiger partial charge in [-0.1, -0.05) is 6.42 Å². The van der Waals surface area contributed by atoms with Crippen LogP contribution in [0.25, 0.3) is 0 Å². The van der Waals surface area contributed by atoms with Crippen LogP contribution in [0.3, 0.4) is 0 Å². The molecule has 11 heteroatoms. The van der Waals surface area contributed by atoms with E-state index in [2.05, 4.69) is 15.5 Å². The van der Waals surface area contributed by atoms with Gasteiger partial charge in [0.05, 0.1) is 7.11 Å². The van der Waals surface area contributed by atoms with E-state index in [0.717, 1.165) is 19.3 Å². The number of aromatic nitrogens is 2. The zero-order valence-corrected chi connectivity index (χ0v) is 16.7. The number of esters is 1. The molecular formula is C18H22N4O6S. The van der Waals surface area contributed by atoms with Gasteiger partial charge in [-0.15, -0.1) is 0 Å². The number of nitrogens with one attached hydrogen (secondary N) is 2. The quantitative estimate of drug-likeness (QED) is 0.645. The minimum Gasteiger partial charge on any atom is -0.495 e. The highest BCUT2D eigenvalue weighted by molar-refractivity contribution is 7.89. The van der Waals surface area contributed by atoms with Crippen LogP contribution in [0.1, 0.15) is 29.8 Å². The van der Waals surface area contributed by atoms with Gasteiger partial charge < -0.3 is 14.8 Å². The Labute approximate surface area is 168 Å². The lowest BCUT2D eigenvalue weighted by atomic mass is 10.2. The molecule has 1 aromatic heterocycles. The molecule has 0 bridgehead atoms. The molecule has 2 heterocycles. The van der Waals surface area contributed by atoms with Crippen molar-refractivity contribution in [2.24, 2.45) is 0 Å². The summed E-state index contributed by atoms with van der Waals surface area (Å²) in [5.41, 5.74) is 0.376. The zero-order chi connectivity index (χ0) is 20.9. The highest BCUT2D eigenvalue weighted by Crippen LogP contribution is 2.31. The third-order valence-electron chi connectivity index (χ3n) is 4.44. The summed E-state index contributed by atoms with van der Waals surface area (Å²) in [7, 11) is -2.37. The van der Waals surface area contributed by atoms with Crippen LogP contribution in [0.15, 0.2) is 35.4 Å². The van der Waals surface area contributed by atoms with Crippen LogP contribution in [-0.4, -0.2) is 61.6 Å². The summed E-state index contributed by atoms with van der Waals surface area (Å²) in [4.78, 5) is 23.8. The van der Waals surface area contributed by atoms with Gasteiger partial charge in [-0.3, -0.25) is 9.89 Å². The van der Waals surface area contributed by atoms with E-state index in [-0.39, 0.29) is 22.0 Å². The topological polar surface area (TPSA) is 131 Å². The van der Waals surface area contributed by atoms with Crippen LogP contribution in [0.4, 0.5) is 5.69 Å². The minimum absolute atomic E-state index is 0.0193. The molecule has 1 amide bonds. The third-order valence-corrected chi connectivity index (χ3v) is 6.36. The first kappa shape index (κ1) is 20.8. The number of H-pyrrole nitrogens is 1. The molecule has 0 saturated carbocycles. The second-order valence-electron chi connectivity index (χ2n) is 6.43. The van der Waals surface area contributed by atoms with Crippen LogP contribution >= 0.6 is 0 Å². The lowest BCUT2D eigenvalue weighted by molar-refractivity contribution is -0.119. The van der Waals surface area contributed by atoms with Crippen LogP contribution in [0, 0.1) is 0 Å². The molecule has 3 rings (SSSR count). The Morgan fingerprint density at radius 3 is 2.62 bits per heavy atom. The first-order valence-corrected chi connectivity index (χ1v) is 10.5. The van der Waals surface area contributed by atoms with Crippen LogP contribution in [0.2, 0.25) is 0 Å². The molecule has 29 heavy (non-hydrogen) atoms. The maximum atomic E-state index is 13.0. The number of anilines is 1. The first-order valence-electron chi connectivity index (χ1n) is 9.06. The molecule has 0 aliphatic carbocycles. The molecule has 0 unspecified atom stereocenters. The van der Waals surface area contributed by atoms with Gasteiger partial charge in [0.15, 0.2) is 6.61 Å². The molecule has 0 spiro atoms. The number of amides is 1. The molecule has 1 fully saturated rings. The van der Waals surface area contributed by atoms with Crippen LogP contribution in [0.5, 0.6) is 5.75 Å². The Morgan fingerprint density at radius 1 is 1.21 bits per heavy atom. The summed E-state index contributed by atoms with van der Waals surface area (Å²) in [6, 6.07) is 5.75. The Bertz CT molecular complexity index is 968. The number of hydrogen-bond acceptors (Lipinski definition) is 7. The molecule has 1 saturated heterocycles. The fourth-order valence-electron chi connectivity index (χ4n) is 2.98. The lowest BCUT2D eigenvalue weighted by Crippen LogP contribution is -2.35. The predicted octanol–water partition coefficient (Wildman–Crippen LogP) is 1.39. The van der Waals surface area contributed by atoms with Gasteiger partial charge in [-0.05, 0) is 37.1 Å². The van der Waals surface area contributed by atoms with Crippen molar-refractivity contribution in [1.29, 1.82) is 0 Å². The highest BCUT2D eigenvalue weighted by atomic mass is 32.2. The maximum absolute atomic E-state index is 13.0. The van der Waals surface area contributed by atoms with Gasteiger partial charge in [0, 0.05) is 25.0 Å². The van der Waals surface area contributed by atoms with Crippen molar-refractivity contribution >= 4 is 27.6 Å². The molecule has 10 nitrogen and oxygen atoms in total. The van der Waals surface area contributed by atoms with Crippen molar-refractivity contribution in [1.82, 2.24) is 14.5 Å². The first-order chi connectivity index (χ1) is 13.9. The number of benzene rings is 1. The summed E-state index contributed by atoms with van der Waals surface area (Å²) in [6.07, 6.45) is 3.99. The van der Waals surface area contributed by atoms with Gasteiger partial charge in [0.1, 0.15) is 16.3 Å². The van der Waals surface area contributed by atoms with Crippen molar-refractivity contribution in [2.45, 2.75) is 24.2 Å². The molecule has 2 N–H and O–H groups in total. The van der Waals surface area contributed by atoms with E-state index in [1.807, 2.05) is 0 Å². The van der Waals surface area contributed by atoms with E-state index in [9.17, 15) is 18.0 Å². The third kappa shape index (κ3) is 4.93. The Balaban J connectivity index is 1.71. The molecule has 1 aromatic carbocycles. The summed E-state index contributed by atoms with van der Waals surface area (Å²) in [5, 5.41) is 8.59. The summed E-state index contributed by atoms with van der Waals surface area (Å²) >= 11 is 0. The largest absolute Gasteiger partial charge is 0.495 e. The predicted molar refractivity (Wildman–Crippen MR) is 103 cm³/mol. The maximum Gasteiger partial charge on any atom is 0.356 e. The molecule has 156 valence electrons. The van der Waals surface area contributed by atoms with E-state index in [1.54, 1.807) is 0 Å². The van der Waals surface area contributed by atoms with Gasteiger partial charge in [0.25, 0.3) is 5.91 Å². The van der Waals surface area contributed by atoms with E-state index in [0.29, 0.717) is 13.1 Å². The molecular weight excluding hydrogens is 400 g/mol. The second-order valence-corrected chi connectivity index (χ2v) is 8.33. The van der Waals surface area contributed by atoms with Gasteiger partial charge in [-0.25, -0.2) is 13.2 Å². The number of carbonyl (C=O) groups excluding carboxylic acids is 2. The number of methoxy groups -OCH3 is 1. The number of sulfonamides is 1. The number of carbonyl (C=O) groups is 2. The molecule has 1 aliphatic rings. The van der Waals surface area contributed by atoms with Gasteiger partial charge >= 0.3 is 5.97 Å². The number of hydrogen-bond donors (Lipinski definition) is 2. The summed E-state index contributed by atoms with van der Waals surface area (Å²) in [6.45, 7) is 0.370. The van der Waals surface area contributed by atoms with E-state index < -0.39 is 28.5 Å². The number of aromatic amines is 1. The van der Waals surface area contributed by atoms with Crippen molar-refractivity contribution in [3.8, 4) is 5.75 Å². The monoisotopic (exact) mass is 422 g/mol. The highest BCUT2D eigenvalue weighted by Gasteiger charge is 2.29. The van der Waals surface area contributed by atoms with E-state index in [4.69, 9.17) is 9.47 Å². The van der Waals surface area contributed by atoms with Crippen molar-refractivity contribution < 1.29 is 27.5 Å². The Kier molecular flexibility index (Phi) is 6.49. The van der Waals surface area contributed by atoms with Crippen LogP contribution < -0.4 is 10.1 Å². The van der Waals surface area contributed by atoms with Crippen molar-refractivity contribution in [3.63, 3.8) is 0 Å². The number of ether oxygens (including phenoxy) is 2. The second kappa shape index (κ2) is 9.05. The number of rotatable bonds is 7. The molecule has 1 aliphatic heterocycles. The zero-order valence-electron chi connectivity index (χ0n) is 15.9. The molecule has 0 radical (unpaired) electrons. The van der Waals surface area contributed by atoms with E-state index in [1.165, 1.54) is 41.9 Å². The fraction of sp³-hybridized carbons (Fsp3) is 0.389.